The Hall–Kier alpha value is -2.08. The molecule has 3 rings (SSSR count). The Labute approximate surface area is 123 Å². The fourth-order valence-electron chi connectivity index (χ4n) is 2.88. The summed E-state index contributed by atoms with van der Waals surface area (Å²) in [5.74, 6) is 0.0163. The molecule has 21 heavy (non-hydrogen) atoms. The molecular formula is C15H20N4O2. The number of carbonyl (C=O) groups excluding carboxylic acids is 2. The van der Waals surface area contributed by atoms with Gasteiger partial charge in [-0.05, 0) is 37.1 Å². The largest absolute Gasteiger partial charge is 0.337 e. The summed E-state index contributed by atoms with van der Waals surface area (Å²) in [5.41, 5.74) is 7.38. The highest BCUT2D eigenvalue weighted by atomic mass is 16.2. The highest BCUT2D eigenvalue weighted by Crippen LogP contribution is 2.19. The van der Waals surface area contributed by atoms with Gasteiger partial charge in [-0.1, -0.05) is 0 Å². The third kappa shape index (κ3) is 2.85. The molecule has 2 saturated heterocycles. The average Bonchev–Trinajstić information content (AvgIpc) is 2.93. The molecule has 0 radical (unpaired) electrons. The number of benzene rings is 1. The summed E-state index contributed by atoms with van der Waals surface area (Å²) in [4.78, 5) is 27.5. The number of anilines is 1. The molecule has 6 heteroatoms. The monoisotopic (exact) mass is 288 g/mol. The van der Waals surface area contributed by atoms with Crippen LogP contribution in [0.25, 0.3) is 0 Å². The predicted molar refractivity (Wildman–Crippen MR) is 80.3 cm³/mol. The maximum Gasteiger partial charge on any atom is 0.321 e. The van der Waals surface area contributed by atoms with Crippen molar-refractivity contribution < 1.29 is 9.59 Å². The Bertz CT molecular complexity index is 543. The van der Waals surface area contributed by atoms with E-state index in [0.29, 0.717) is 25.2 Å². The van der Waals surface area contributed by atoms with Crippen molar-refractivity contribution >= 4 is 17.6 Å². The summed E-state index contributed by atoms with van der Waals surface area (Å²) in [5, 5.41) is 2.76. The van der Waals surface area contributed by atoms with Gasteiger partial charge in [0.05, 0.1) is 0 Å². The first-order chi connectivity index (χ1) is 10.1. The summed E-state index contributed by atoms with van der Waals surface area (Å²) in [7, 11) is 0. The topological polar surface area (TPSA) is 78.7 Å². The highest BCUT2D eigenvalue weighted by Gasteiger charge is 2.24. The quantitative estimate of drug-likeness (QED) is 0.844. The first-order valence-electron chi connectivity index (χ1n) is 7.35. The fraction of sp³-hybridized carbons (Fsp3) is 0.467. The van der Waals surface area contributed by atoms with Gasteiger partial charge in [0, 0.05) is 43.5 Å². The van der Waals surface area contributed by atoms with Gasteiger partial charge in [-0.25, -0.2) is 4.79 Å². The second-order valence-electron chi connectivity index (χ2n) is 5.58. The van der Waals surface area contributed by atoms with Crippen molar-refractivity contribution in [3.63, 3.8) is 0 Å². The Morgan fingerprint density at radius 2 is 2.00 bits per heavy atom. The van der Waals surface area contributed by atoms with Crippen LogP contribution in [0.1, 0.15) is 23.2 Å². The molecule has 2 aliphatic heterocycles. The van der Waals surface area contributed by atoms with Crippen LogP contribution in [0.3, 0.4) is 0 Å². The van der Waals surface area contributed by atoms with Crippen LogP contribution < -0.4 is 16.0 Å². The smallest absolute Gasteiger partial charge is 0.321 e. The number of likely N-dealkylation sites (tertiary alicyclic amines) is 1. The number of nitrogens with zero attached hydrogens (tertiary/aromatic N) is 2. The SMILES string of the molecule is NC1CCCN(C(=O)c2ccc(N3CCNC3=O)cc2)C1. The minimum Gasteiger partial charge on any atom is -0.337 e. The summed E-state index contributed by atoms with van der Waals surface area (Å²) in [6, 6.07) is 7.20. The second kappa shape index (κ2) is 5.73. The van der Waals surface area contributed by atoms with Crippen molar-refractivity contribution in [1.29, 1.82) is 0 Å². The molecule has 0 aliphatic carbocycles. The van der Waals surface area contributed by atoms with Crippen LogP contribution in [-0.4, -0.2) is 49.1 Å². The summed E-state index contributed by atoms with van der Waals surface area (Å²) in [6.45, 7) is 2.70. The summed E-state index contributed by atoms with van der Waals surface area (Å²) in [6.07, 6.45) is 1.94. The Morgan fingerprint density at radius 3 is 2.62 bits per heavy atom. The van der Waals surface area contributed by atoms with E-state index in [9.17, 15) is 9.59 Å². The lowest BCUT2D eigenvalue weighted by Crippen LogP contribution is -2.45. The molecule has 1 atom stereocenters. The van der Waals surface area contributed by atoms with Gasteiger partial charge in [-0.15, -0.1) is 0 Å². The third-order valence-electron chi connectivity index (χ3n) is 4.03. The van der Waals surface area contributed by atoms with Crippen molar-refractivity contribution in [1.82, 2.24) is 10.2 Å². The molecule has 2 fully saturated rings. The third-order valence-corrected chi connectivity index (χ3v) is 4.03. The molecule has 0 aromatic heterocycles. The molecule has 3 N–H and O–H groups in total. The minimum atomic E-state index is -0.0870. The van der Waals surface area contributed by atoms with Crippen LogP contribution in [0.4, 0.5) is 10.5 Å². The second-order valence-corrected chi connectivity index (χ2v) is 5.58. The van der Waals surface area contributed by atoms with Gasteiger partial charge < -0.3 is 16.0 Å². The number of hydrogen-bond donors (Lipinski definition) is 2. The van der Waals surface area contributed by atoms with Gasteiger partial charge in [0.1, 0.15) is 0 Å². The zero-order valence-electron chi connectivity index (χ0n) is 11.9. The van der Waals surface area contributed by atoms with Crippen LogP contribution in [0, 0.1) is 0 Å². The van der Waals surface area contributed by atoms with E-state index in [1.807, 2.05) is 17.0 Å². The van der Waals surface area contributed by atoms with Gasteiger partial charge in [-0.3, -0.25) is 9.69 Å². The number of carbonyl (C=O) groups is 2. The molecular weight excluding hydrogens is 268 g/mol. The van der Waals surface area contributed by atoms with Crippen LogP contribution in [0.2, 0.25) is 0 Å². The van der Waals surface area contributed by atoms with Crippen molar-refractivity contribution in [2.45, 2.75) is 18.9 Å². The number of piperidine rings is 1. The number of rotatable bonds is 2. The first kappa shape index (κ1) is 13.9. The molecule has 1 aromatic rings. The van der Waals surface area contributed by atoms with Gasteiger partial charge in [0.2, 0.25) is 0 Å². The molecule has 2 heterocycles. The highest BCUT2D eigenvalue weighted by molar-refractivity contribution is 5.97. The zero-order valence-corrected chi connectivity index (χ0v) is 11.9. The van der Waals surface area contributed by atoms with E-state index in [1.54, 1.807) is 17.0 Å². The molecule has 112 valence electrons. The van der Waals surface area contributed by atoms with Gasteiger partial charge in [0.15, 0.2) is 0 Å². The van der Waals surface area contributed by atoms with E-state index in [0.717, 1.165) is 25.1 Å². The van der Waals surface area contributed by atoms with Crippen molar-refractivity contribution in [3.05, 3.63) is 29.8 Å². The molecule has 3 amide bonds. The van der Waals surface area contributed by atoms with E-state index in [1.165, 1.54) is 0 Å². The molecule has 0 bridgehead atoms. The average molecular weight is 288 g/mol. The first-order valence-corrected chi connectivity index (χ1v) is 7.35. The Balaban J connectivity index is 1.71. The number of nitrogens with two attached hydrogens (primary N) is 1. The van der Waals surface area contributed by atoms with Crippen molar-refractivity contribution in [3.8, 4) is 0 Å². The van der Waals surface area contributed by atoms with Crippen LogP contribution >= 0.6 is 0 Å². The predicted octanol–water partition coefficient (Wildman–Crippen LogP) is 0.779. The van der Waals surface area contributed by atoms with E-state index < -0.39 is 0 Å². The maximum absolute atomic E-state index is 12.4. The van der Waals surface area contributed by atoms with Gasteiger partial charge in [-0.2, -0.15) is 0 Å². The number of urea groups is 1. The Morgan fingerprint density at radius 1 is 1.24 bits per heavy atom. The lowest BCUT2D eigenvalue weighted by atomic mass is 10.1. The molecule has 1 unspecified atom stereocenters. The summed E-state index contributed by atoms with van der Waals surface area (Å²) < 4.78 is 0. The summed E-state index contributed by atoms with van der Waals surface area (Å²) >= 11 is 0. The lowest BCUT2D eigenvalue weighted by molar-refractivity contribution is 0.0709. The maximum atomic E-state index is 12.4. The van der Waals surface area contributed by atoms with E-state index in [4.69, 9.17) is 5.73 Å². The fourth-order valence-corrected chi connectivity index (χ4v) is 2.88. The molecule has 6 nitrogen and oxygen atoms in total. The molecule has 1 aromatic carbocycles. The number of amides is 3. The minimum absolute atomic E-state index is 0.0163. The van der Waals surface area contributed by atoms with E-state index in [-0.39, 0.29) is 18.0 Å². The van der Waals surface area contributed by atoms with Crippen LogP contribution in [0.15, 0.2) is 24.3 Å². The van der Waals surface area contributed by atoms with Gasteiger partial charge in [0.25, 0.3) is 5.91 Å². The molecule has 0 spiro atoms. The zero-order chi connectivity index (χ0) is 14.8. The van der Waals surface area contributed by atoms with Crippen LogP contribution in [0.5, 0.6) is 0 Å². The standard InChI is InChI=1S/C15H20N4O2/c16-12-2-1-8-18(10-12)14(20)11-3-5-13(6-4-11)19-9-7-17-15(19)21/h3-6,12H,1-2,7-10,16H2,(H,17,21). The molecule has 2 aliphatic rings. The lowest BCUT2D eigenvalue weighted by Gasteiger charge is -2.30. The normalized spacial score (nSPS) is 22.3. The van der Waals surface area contributed by atoms with E-state index >= 15 is 0 Å². The van der Waals surface area contributed by atoms with Gasteiger partial charge >= 0.3 is 6.03 Å². The Kier molecular flexibility index (Phi) is 3.79. The number of nitrogens with one attached hydrogen (secondary N) is 1. The van der Waals surface area contributed by atoms with Crippen LogP contribution in [-0.2, 0) is 0 Å². The number of hydrogen-bond acceptors (Lipinski definition) is 3. The molecule has 0 saturated carbocycles. The van der Waals surface area contributed by atoms with Crippen molar-refractivity contribution in [2.24, 2.45) is 5.73 Å². The van der Waals surface area contributed by atoms with E-state index in [2.05, 4.69) is 5.32 Å². The van der Waals surface area contributed by atoms with Crippen molar-refractivity contribution in [2.75, 3.05) is 31.1 Å².